The zero-order chi connectivity index (χ0) is 25.4. The molecule has 2 fully saturated rings. The molecular weight excluding hydrogens is 488 g/mol. The Labute approximate surface area is 212 Å². The monoisotopic (exact) mass is 515 g/mol. The van der Waals surface area contributed by atoms with Crippen LogP contribution in [0.25, 0.3) is 11.0 Å². The molecule has 3 aromatic heterocycles. The minimum absolute atomic E-state index is 0.0903. The average molecular weight is 516 g/mol. The molecule has 0 N–H and O–H groups in total. The molecule has 36 heavy (non-hydrogen) atoms. The predicted octanol–water partition coefficient (Wildman–Crippen LogP) is 5.05. The van der Waals surface area contributed by atoms with Crippen molar-refractivity contribution in [3.05, 3.63) is 63.8 Å². The minimum Gasteiger partial charge on any atom is -0.395 e. The van der Waals surface area contributed by atoms with E-state index in [0.29, 0.717) is 22.1 Å². The van der Waals surface area contributed by atoms with Gasteiger partial charge in [0.2, 0.25) is 0 Å². The van der Waals surface area contributed by atoms with Gasteiger partial charge in [0.15, 0.2) is 0 Å². The largest absolute Gasteiger partial charge is 0.395 e. The quantitative estimate of drug-likeness (QED) is 0.250. The summed E-state index contributed by atoms with van der Waals surface area (Å²) in [6, 6.07) is 10.9. The Bertz CT molecular complexity index is 1340. The van der Waals surface area contributed by atoms with Crippen molar-refractivity contribution >= 4 is 34.0 Å². The SMILES string of the molecule is CN(c1cc(=O)n(C)c2ccc(Cl)nc12)C1CCC(/C(=N/OCC2CC2(F)F)c2ccccn2)CC1. The van der Waals surface area contributed by atoms with Crippen molar-refractivity contribution in [2.24, 2.45) is 24.0 Å². The van der Waals surface area contributed by atoms with E-state index in [4.69, 9.17) is 16.4 Å². The van der Waals surface area contributed by atoms with Gasteiger partial charge in [-0.2, -0.15) is 0 Å². The average Bonchev–Trinajstić information content (AvgIpc) is 3.50. The summed E-state index contributed by atoms with van der Waals surface area (Å²) in [7, 11) is 3.70. The Morgan fingerprint density at radius 3 is 2.67 bits per heavy atom. The summed E-state index contributed by atoms with van der Waals surface area (Å²) >= 11 is 6.18. The number of fused-ring (bicyclic) bond motifs is 1. The number of rotatable bonds is 7. The summed E-state index contributed by atoms with van der Waals surface area (Å²) in [4.78, 5) is 29.1. The van der Waals surface area contributed by atoms with Gasteiger partial charge in [0.25, 0.3) is 11.5 Å². The molecule has 2 aliphatic rings. The number of hydrogen-bond donors (Lipinski definition) is 0. The van der Waals surface area contributed by atoms with Gasteiger partial charge < -0.3 is 14.3 Å². The number of anilines is 1. The number of pyridine rings is 3. The summed E-state index contributed by atoms with van der Waals surface area (Å²) in [5.74, 6) is -3.30. The van der Waals surface area contributed by atoms with Gasteiger partial charge in [-0.05, 0) is 49.9 Å². The Morgan fingerprint density at radius 1 is 1.25 bits per heavy atom. The molecule has 0 saturated heterocycles. The van der Waals surface area contributed by atoms with Crippen molar-refractivity contribution in [3.63, 3.8) is 0 Å². The fraction of sp³-hybridized carbons (Fsp3) is 0.462. The predicted molar refractivity (Wildman–Crippen MR) is 136 cm³/mol. The zero-order valence-corrected chi connectivity index (χ0v) is 21.0. The van der Waals surface area contributed by atoms with Crippen LogP contribution in [0.2, 0.25) is 5.15 Å². The maximum atomic E-state index is 13.2. The summed E-state index contributed by atoms with van der Waals surface area (Å²) in [6.07, 6.45) is 4.90. The van der Waals surface area contributed by atoms with E-state index < -0.39 is 11.8 Å². The molecule has 0 bridgehead atoms. The van der Waals surface area contributed by atoms with E-state index in [-0.39, 0.29) is 30.5 Å². The van der Waals surface area contributed by atoms with Crippen LogP contribution in [0.1, 0.15) is 37.8 Å². The standard InChI is InChI=1S/C26H28ClF2N5O2/c1-33(21-13-23(35)34(2)20-10-11-22(27)31-25(20)21)18-8-6-16(7-9-18)24(19-5-3-4-12-30-19)32-36-15-17-14-26(17,28)29/h3-5,10-13,16-18H,6-9,14-15H2,1-2H3/b32-24-. The molecule has 190 valence electrons. The van der Waals surface area contributed by atoms with Crippen molar-refractivity contribution in [1.82, 2.24) is 14.5 Å². The van der Waals surface area contributed by atoms with Crippen LogP contribution in [0.5, 0.6) is 0 Å². The van der Waals surface area contributed by atoms with Crippen molar-refractivity contribution in [2.45, 2.75) is 44.1 Å². The first-order chi connectivity index (χ1) is 17.2. The van der Waals surface area contributed by atoms with Crippen LogP contribution in [0.4, 0.5) is 14.5 Å². The molecule has 1 unspecified atom stereocenters. The van der Waals surface area contributed by atoms with Crippen molar-refractivity contribution in [1.29, 1.82) is 0 Å². The first kappa shape index (κ1) is 24.6. The molecule has 0 aromatic carbocycles. The lowest BCUT2D eigenvalue weighted by molar-refractivity contribution is 0.0566. The van der Waals surface area contributed by atoms with Gasteiger partial charge in [-0.25, -0.2) is 13.8 Å². The van der Waals surface area contributed by atoms with Crippen LogP contribution >= 0.6 is 11.6 Å². The summed E-state index contributed by atoms with van der Waals surface area (Å²) in [6.45, 7) is -0.0903. The van der Waals surface area contributed by atoms with Gasteiger partial charge in [-0.1, -0.05) is 22.8 Å². The highest BCUT2D eigenvalue weighted by molar-refractivity contribution is 6.29. The lowest BCUT2D eigenvalue weighted by Gasteiger charge is -2.36. The highest BCUT2D eigenvalue weighted by Crippen LogP contribution is 2.48. The fourth-order valence-electron chi connectivity index (χ4n) is 4.98. The first-order valence-corrected chi connectivity index (χ1v) is 12.5. The second-order valence-corrected chi connectivity index (χ2v) is 10.1. The van der Waals surface area contributed by atoms with E-state index in [1.54, 1.807) is 29.9 Å². The zero-order valence-electron chi connectivity index (χ0n) is 20.2. The molecular formula is C26H28ClF2N5O2. The molecule has 0 radical (unpaired) electrons. The number of aromatic nitrogens is 3. The topological polar surface area (TPSA) is 72.6 Å². The molecule has 0 amide bonds. The fourth-order valence-corrected chi connectivity index (χ4v) is 5.13. The summed E-state index contributed by atoms with van der Waals surface area (Å²) < 4.78 is 28.1. The lowest BCUT2D eigenvalue weighted by Crippen LogP contribution is -2.38. The number of halogens is 3. The normalized spacial score (nSPS) is 23.5. The van der Waals surface area contributed by atoms with Gasteiger partial charge in [0.1, 0.15) is 23.0 Å². The van der Waals surface area contributed by atoms with E-state index in [9.17, 15) is 13.6 Å². The molecule has 2 saturated carbocycles. The van der Waals surface area contributed by atoms with Gasteiger partial charge >= 0.3 is 0 Å². The first-order valence-electron chi connectivity index (χ1n) is 12.1. The number of oxime groups is 1. The maximum Gasteiger partial charge on any atom is 0.255 e. The van der Waals surface area contributed by atoms with E-state index in [0.717, 1.165) is 36.9 Å². The van der Waals surface area contributed by atoms with Crippen molar-refractivity contribution in [2.75, 3.05) is 18.6 Å². The molecule has 7 nitrogen and oxygen atoms in total. The van der Waals surface area contributed by atoms with Crippen LogP contribution < -0.4 is 10.5 Å². The van der Waals surface area contributed by atoms with Gasteiger partial charge in [-0.3, -0.25) is 9.78 Å². The number of alkyl halides is 2. The lowest BCUT2D eigenvalue weighted by atomic mass is 9.81. The minimum atomic E-state index is -2.63. The number of nitrogens with zero attached hydrogens (tertiary/aromatic N) is 5. The third-order valence-corrected chi connectivity index (χ3v) is 7.58. The molecule has 2 aliphatic carbocycles. The van der Waals surface area contributed by atoms with E-state index >= 15 is 0 Å². The van der Waals surface area contributed by atoms with Gasteiger partial charge in [-0.15, -0.1) is 0 Å². The molecule has 3 heterocycles. The highest BCUT2D eigenvalue weighted by Gasteiger charge is 2.57. The van der Waals surface area contributed by atoms with Gasteiger partial charge in [0, 0.05) is 44.7 Å². The molecule has 1 atom stereocenters. The van der Waals surface area contributed by atoms with E-state index in [2.05, 4.69) is 20.0 Å². The Kier molecular flexibility index (Phi) is 6.68. The van der Waals surface area contributed by atoms with Crippen molar-refractivity contribution in [3.8, 4) is 0 Å². The second kappa shape index (κ2) is 9.76. The van der Waals surface area contributed by atoms with Crippen LogP contribution in [0, 0.1) is 11.8 Å². The number of aryl methyl sites for hydroxylation is 1. The van der Waals surface area contributed by atoms with Crippen LogP contribution in [-0.4, -0.2) is 45.9 Å². The Balaban J connectivity index is 1.33. The van der Waals surface area contributed by atoms with Crippen LogP contribution in [0.3, 0.4) is 0 Å². The van der Waals surface area contributed by atoms with Crippen molar-refractivity contribution < 1.29 is 13.6 Å². The third-order valence-electron chi connectivity index (χ3n) is 7.37. The second-order valence-electron chi connectivity index (χ2n) is 9.69. The summed E-state index contributed by atoms with van der Waals surface area (Å²) in [5.41, 5.74) is 3.47. The van der Waals surface area contributed by atoms with Gasteiger partial charge in [0.05, 0.1) is 22.8 Å². The molecule has 5 rings (SSSR count). The van der Waals surface area contributed by atoms with E-state index in [1.807, 2.05) is 31.3 Å². The maximum absolute atomic E-state index is 13.2. The van der Waals surface area contributed by atoms with Crippen LogP contribution in [-0.2, 0) is 11.9 Å². The number of hydrogen-bond acceptors (Lipinski definition) is 6. The molecule has 3 aromatic rings. The molecule has 10 heteroatoms. The Morgan fingerprint density at radius 2 is 2.00 bits per heavy atom. The van der Waals surface area contributed by atoms with Crippen LogP contribution in [0.15, 0.2) is 52.5 Å². The molecule has 0 aliphatic heterocycles. The van der Waals surface area contributed by atoms with E-state index in [1.165, 1.54) is 0 Å². The summed E-state index contributed by atoms with van der Waals surface area (Å²) in [5, 5.41) is 4.68. The third kappa shape index (κ3) is 4.93. The molecule has 0 spiro atoms. The smallest absolute Gasteiger partial charge is 0.255 e. The highest BCUT2D eigenvalue weighted by atomic mass is 35.5. The Hall–Kier alpha value is -3.07.